The number of fused-ring (bicyclic) bond motifs is 1. The Balaban J connectivity index is 1.80. The average molecular weight is 219 g/mol. The smallest absolute Gasteiger partial charge is 0.253 e. The first-order chi connectivity index (χ1) is 7.84. The van der Waals surface area contributed by atoms with Crippen LogP contribution in [0.3, 0.4) is 0 Å². The summed E-state index contributed by atoms with van der Waals surface area (Å²) in [4.78, 5) is 11.6. The van der Waals surface area contributed by atoms with Crippen LogP contribution in [0.1, 0.15) is 28.6 Å². The fraction of sp³-hybridized carbons (Fsp3) is 0.417. The van der Waals surface area contributed by atoms with Crippen LogP contribution in [0.15, 0.2) is 24.3 Å². The Kier molecular flexibility index (Phi) is 2.38. The third-order valence-corrected chi connectivity index (χ3v) is 2.97. The van der Waals surface area contributed by atoms with Crippen molar-refractivity contribution < 1.29 is 14.3 Å². The highest BCUT2D eigenvalue weighted by Gasteiger charge is 2.31. The SMILES string of the molecule is O=C1NC(O[C@@H]2CCOC2)c2ccccc21. The second-order valence-corrected chi connectivity index (χ2v) is 4.06. The summed E-state index contributed by atoms with van der Waals surface area (Å²) in [6.45, 7) is 1.36. The minimum absolute atomic E-state index is 0.0560. The van der Waals surface area contributed by atoms with Gasteiger partial charge in [-0.15, -0.1) is 0 Å². The molecule has 4 nitrogen and oxygen atoms in total. The molecule has 84 valence electrons. The quantitative estimate of drug-likeness (QED) is 0.814. The molecule has 0 aliphatic carbocycles. The van der Waals surface area contributed by atoms with E-state index in [0.29, 0.717) is 12.2 Å². The minimum Gasteiger partial charge on any atom is -0.379 e. The summed E-state index contributed by atoms with van der Waals surface area (Å²) in [6.07, 6.45) is 0.681. The highest BCUT2D eigenvalue weighted by molar-refractivity contribution is 5.98. The number of benzene rings is 1. The number of carbonyl (C=O) groups is 1. The van der Waals surface area contributed by atoms with E-state index < -0.39 is 0 Å². The minimum atomic E-state index is -0.310. The fourth-order valence-corrected chi connectivity index (χ4v) is 2.13. The molecule has 2 atom stereocenters. The number of hydrogen-bond acceptors (Lipinski definition) is 3. The molecule has 4 heteroatoms. The molecule has 1 fully saturated rings. The molecule has 0 spiro atoms. The third kappa shape index (κ3) is 1.60. The standard InChI is InChI=1S/C12H13NO3/c14-11-9-3-1-2-4-10(9)12(13-11)16-8-5-6-15-7-8/h1-4,8,12H,5-7H2,(H,13,14)/t8-,12?/m1/s1. The van der Waals surface area contributed by atoms with E-state index in [1.807, 2.05) is 24.3 Å². The molecule has 0 aromatic heterocycles. The van der Waals surface area contributed by atoms with E-state index >= 15 is 0 Å². The van der Waals surface area contributed by atoms with E-state index in [9.17, 15) is 4.79 Å². The first kappa shape index (κ1) is 9.81. The fourth-order valence-electron chi connectivity index (χ4n) is 2.13. The number of carbonyl (C=O) groups excluding carboxylic acids is 1. The van der Waals surface area contributed by atoms with Crippen LogP contribution < -0.4 is 5.32 Å². The highest BCUT2D eigenvalue weighted by atomic mass is 16.6. The zero-order valence-corrected chi connectivity index (χ0v) is 8.81. The molecule has 1 amide bonds. The lowest BCUT2D eigenvalue weighted by Crippen LogP contribution is -2.26. The Bertz CT molecular complexity index is 412. The van der Waals surface area contributed by atoms with Gasteiger partial charge in [0, 0.05) is 17.7 Å². The molecule has 16 heavy (non-hydrogen) atoms. The van der Waals surface area contributed by atoms with Gasteiger partial charge in [0.15, 0.2) is 6.23 Å². The van der Waals surface area contributed by atoms with Crippen LogP contribution in [0, 0.1) is 0 Å². The molecular weight excluding hydrogens is 206 g/mol. The summed E-state index contributed by atoms with van der Waals surface area (Å²) in [6, 6.07) is 7.52. The van der Waals surface area contributed by atoms with Gasteiger partial charge in [-0.3, -0.25) is 4.79 Å². The Labute approximate surface area is 93.5 Å². The van der Waals surface area contributed by atoms with Crippen LogP contribution in [0.5, 0.6) is 0 Å². The predicted octanol–water partition coefficient (Wildman–Crippen LogP) is 1.23. The monoisotopic (exact) mass is 219 g/mol. The third-order valence-electron chi connectivity index (χ3n) is 2.97. The molecule has 2 aliphatic heterocycles. The van der Waals surface area contributed by atoms with Crippen LogP contribution in [-0.4, -0.2) is 25.2 Å². The lowest BCUT2D eigenvalue weighted by atomic mass is 10.1. The second-order valence-electron chi connectivity index (χ2n) is 4.06. The molecule has 0 bridgehead atoms. The van der Waals surface area contributed by atoms with Gasteiger partial charge in [-0.05, 0) is 12.5 Å². The zero-order chi connectivity index (χ0) is 11.0. The Morgan fingerprint density at radius 1 is 1.38 bits per heavy atom. The maximum absolute atomic E-state index is 11.6. The summed E-state index contributed by atoms with van der Waals surface area (Å²) >= 11 is 0. The van der Waals surface area contributed by atoms with Crippen LogP contribution in [-0.2, 0) is 9.47 Å². The van der Waals surface area contributed by atoms with Crippen molar-refractivity contribution >= 4 is 5.91 Å². The molecule has 2 aliphatic rings. The van der Waals surface area contributed by atoms with E-state index in [-0.39, 0.29) is 18.2 Å². The van der Waals surface area contributed by atoms with Gasteiger partial charge < -0.3 is 14.8 Å². The molecule has 1 aromatic carbocycles. The Morgan fingerprint density at radius 3 is 3.06 bits per heavy atom. The molecule has 1 saturated heterocycles. The molecule has 0 saturated carbocycles. The van der Waals surface area contributed by atoms with Gasteiger partial charge >= 0.3 is 0 Å². The summed E-state index contributed by atoms with van der Waals surface area (Å²) in [5, 5.41) is 2.83. The molecule has 1 unspecified atom stereocenters. The van der Waals surface area contributed by atoms with Crippen molar-refractivity contribution in [2.75, 3.05) is 13.2 Å². The first-order valence-corrected chi connectivity index (χ1v) is 5.47. The van der Waals surface area contributed by atoms with Gasteiger partial charge in [0.2, 0.25) is 0 Å². The predicted molar refractivity (Wildman–Crippen MR) is 57.0 cm³/mol. The lowest BCUT2D eigenvalue weighted by Gasteiger charge is -2.17. The van der Waals surface area contributed by atoms with E-state index in [1.54, 1.807) is 0 Å². The maximum Gasteiger partial charge on any atom is 0.253 e. The molecule has 2 heterocycles. The van der Waals surface area contributed by atoms with Crippen LogP contribution in [0.25, 0.3) is 0 Å². The van der Waals surface area contributed by atoms with Crippen LogP contribution in [0.4, 0.5) is 0 Å². The molecular formula is C12H13NO3. The molecule has 0 radical (unpaired) electrons. The van der Waals surface area contributed by atoms with E-state index in [1.165, 1.54) is 0 Å². The van der Waals surface area contributed by atoms with E-state index in [0.717, 1.165) is 18.6 Å². The Hall–Kier alpha value is -1.39. The molecule has 1 aromatic rings. The van der Waals surface area contributed by atoms with Crippen molar-refractivity contribution in [1.82, 2.24) is 5.32 Å². The van der Waals surface area contributed by atoms with Gasteiger partial charge in [0.25, 0.3) is 5.91 Å². The van der Waals surface area contributed by atoms with Crippen molar-refractivity contribution in [3.8, 4) is 0 Å². The number of rotatable bonds is 2. The summed E-state index contributed by atoms with van der Waals surface area (Å²) in [5.74, 6) is -0.0560. The molecule has 3 rings (SSSR count). The van der Waals surface area contributed by atoms with E-state index in [4.69, 9.17) is 9.47 Å². The average Bonchev–Trinajstić information content (AvgIpc) is 2.90. The highest BCUT2D eigenvalue weighted by Crippen LogP contribution is 2.28. The number of hydrogen-bond donors (Lipinski definition) is 1. The topological polar surface area (TPSA) is 47.6 Å². The van der Waals surface area contributed by atoms with Gasteiger partial charge in [-0.25, -0.2) is 0 Å². The van der Waals surface area contributed by atoms with Crippen molar-refractivity contribution in [2.45, 2.75) is 18.8 Å². The van der Waals surface area contributed by atoms with Gasteiger partial charge in [-0.2, -0.15) is 0 Å². The summed E-state index contributed by atoms with van der Waals surface area (Å²) < 4.78 is 11.1. The summed E-state index contributed by atoms with van der Waals surface area (Å²) in [7, 11) is 0. The van der Waals surface area contributed by atoms with Crippen molar-refractivity contribution in [3.63, 3.8) is 0 Å². The largest absolute Gasteiger partial charge is 0.379 e. The van der Waals surface area contributed by atoms with Crippen LogP contribution in [0.2, 0.25) is 0 Å². The molecule has 1 N–H and O–H groups in total. The zero-order valence-electron chi connectivity index (χ0n) is 8.81. The van der Waals surface area contributed by atoms with Gasteiger partial charge in [0.1, 0.15) is 0 Å². The van der Waals surface area contributed by atoms with Gasteiger partial charge in [-0.1, -0.05) is 18.2 Å². The second kappa shape index (κ2) is 3.88. The summed E-state index contributed by atoms with van der Waals surface area (Å²) in [5.41, 5.74) is 1.64. The number of ether oxygens (including phenoxy) is 2. The van der Waals surface area contributed by atoms with E-state index in [2.05, 4.69) is 5.32 Å². The first-order valence-electron chi connectivity index (χ1n) is 5.47. The van der Waals surface area contributed by atoms with Crippen molar-refractivity contribution in [3.05, 3.63) is 35.4 Å². The van der Waals surface area contributed by atoms with Crippen LogP contribution >= 0.6 is 0 Å². The maximum atomic E-state index is 11.6. The van der Waals surface area contributed by atoms with Crippen molar-refractivity contribution in [1.29, 1.82) is 0 Å². The lowest BCUT2D eigenvalue weighted by molar-refractivity contribution is -0.0263. The number of amides is 1. The Morgan fingerprint density at radius 2 is 2.25 bits per heavy atom. The van der Waals surface area contributed by atoms with Crippen molar-refractivity contribution in [2.24, 2.45) is 0 Å². The normalized spacial score (nSPS) is 27.9. The van der Waals surface area contributed by atoms with Gasteiger partial charge in [0.05, 0.1) is 12.7 Å². The number of nitrogens with one attached hydrogen (secondary N) is 1.